The summed E-state index contributed by atoms with van der Waals surface area (Å²) < 4.78 is 1.91. The van der Waals surface area contributed by atoms with Gasteiger partial charge in [-0.25, -0.2) is 15.0 Å². The molecule has 5 heterocycles. The van der Waals surface area contributed by atoms with Crippen LogP contribution in [0.15, 0.2) is 61.7 Å². The number of aromatic amines is 1. The third-order valence-corrected chi connectivity index (χ3v) is 4.44. The van der Waals surface area contributed by atoms with Gasteiger partial charge in [-0.15, -0.1) is 0 Å². The van der Waals surface area contributed by atoms with Crippen molar-refractivity contribution in [3.63, 3.8) is 0 Å². The summed E-state index contributed by atoms with van der Waals surface area (Å²) in [5.41, 5.74) is 6.25. The zero-order valence-corrected chi connectivity index (χ0v) is 13.5. The van der Waals surface area contributed by atoms with Gasteiger partial charge in [0.1, 0.15) is 5.65 Å². The Morgan fingerprint density at radius 2 is 1.88 bits per heavy atom. The molecule has 6 heteroatoms. The Balaban J connectivity index is 1.71. The van der Waals surface area contributed by atoms with E-state index < -0.39 is 0 Å². The molecule has 0 saturated heterocycles. The molecule has 0 aliphatic carbocycles. The van der Waals surface area contributed by atoms with E-state index in [2.05, 4.69) is 37.9 Å². The van der Waals surface area contributed by atoms with E-state index in [0.29, 0.717) is 5.78 Å². The number of fused-ring (bicyclic) bond motifs is 2. The molecule has 0 amide bonds. The van der Waals surface area contributed by atoms with Crippen LogP contribution in [0.5, 0.6) is 0 Å². The average Bonchev–Trinajstić information content (AvgIpc) is 3.27. The number of hydrogen-bond donors (Lipinski definition) is 1. The fourth-order valence-corrected chi connectivity index (χ4v) is 3.11. The first kappa shape index (κ1) is 13.9. The minimum absolute atomic E-state index is 0.688. The van der Waals surface area contributed by atoms with Gasteiger partial charge in [0.05, 0.1) is 0 Å². The molecule has 25 heavy (non-hydrogen) atoms. The van der Waals surface area contributed by atoms with Crippen molar-refractivity contribution in [2.75, 3.05) is 0 Å². The van der Waals surface area contributed by atoms with Crippen molar-refractivity contribution in [3.8, 4) is 22.3 Å². The van der Waals surface area contributed by atoms with Crippen LogP contribution in [-0.2, 0) is 0 Å². The Labute approximate surface area is 143 Å². The summed E-state index contributed by atoms with van der Waals surface area (Å²) in [6.07, 6.45) is 15.0. The topological polar surface area (TPSA) is 71.8 Å². The van der Waals surface area contributed by atoms with Crippen LogP contribution in [0.3, 0.4) is 0 Å². The SMILES string of the molecule is Cc1ccncc1-c1cnc2[nH]cc(-c3cnc4nccn4c3)c2c1. The monoisotopic (exact) mass is 326 g/mol. The second-order valence-electron chi connectivity index (χ2n) is 5.99. The molecule has 1 N–H and O–H groups in total. The van der Waals surface area contributed by atoms with Crippen molar-refractivity contribution >= 4 is 16.8 Å². The number of aryl methyl sites for hydroxylation is 1. The lowest BCUT2D eigenvalue weighted by Crippen LogP contribution is -1.90. The summed E-state index contributed by atoms with van der Waals surface area (Å²) >= 11 is 0. The van der Waals surface area contributed by atoms with Gasteiger partial charge in [-0.3, -0.25) is 9.38 Å². The van der Waals surface area contributed by atoms with Crippen molar-refractivity contribution < 1.29 is 0 Å². The molecule has 0 aliphatic rings. The smallest absolute Gasteiger partial charge is 0.233 e. The molecule has 5 aromatic heterocycles. The van der Waals surface area contributed by atoms with E-state index >= 15 is 0 Å². The van der Waals surface area contributed by atoms with E-state index in [4.69, 9.17) is 0 Å². The minimum atomic E-state index is 0.688. The van der Waals surface area contributed by atoms with Gasteiger partial charge in [0.25, 0.3) is 0 Å². The standard InChI is InChI=1S/C19H14N6/c1-12-2-3-20-9-16(12)13-6-15-17(10-23-18(15)22-7-13)14-8-24-19-21-4-5-25(19)11-14/h2-11H,1H3,(H,22,23). The van der Waals surface area contributed by atoms with Crippen LogP contribution in [0, 0.1) is 6.92 Å². The average molecular weight is 326 g/mol. The van der Waals surface area contributed by atoms with Gasteiger partial charge in [0, 0.05) is 77.2 Å². The zero-order valence-electron chi connectivity index (χ0n) is 13.5. The molecular formula is C19H14N6. The lowest BCUT2D eigenvalue weighted by molar-refractivity contribution is 1.11. The predicted molar refractivity (Wildman–Crippen MR) is 96.0 cm³/mol. The van der Waals surface area contributed by atoms with Gasteiger partial charge in [-0.05, 0) is 24.6 Å². The Morgan fingerprint density at radius 3 is 2.80 bits per heavy atom. The normalized spacial score (nSPS) is 11.4. The second-order valence-corrected chi connectivity index (χ2v) is 5.99. The molecule has 0 aromatic carbocycles. The molecule has 0 bridgehead atoms. The summed E-state index contributed by atoms with van der Waals surface area (Å²) in [4.78, 5) is 20.7. The van der Waals surface area contributed by atoms with Gasteiger partial charge in [-0.2, -0.15) is 0 Å². The van der Waals surface area contributed by atoms with Gasteiger partial charge in [0.15, 0.2) is 0 Å². The highest BCUT2D eigenvalue weighted by atomic mass is 15.1. The Kier molecular flexibility index (Phi) is 2.90. The van der Waals surface area contributed by atoms with Gasteiger partial charge >= 0.3 is 0 Å². The van der Waals surface area contributed by atoms with Gasteiger partial charge in [-0.1, -0.05) is 0 Å². The van der Waals surface area contributed by atoms with Crippen LogP contribution in [0.4, 0.5) is 0 Å². The van der Waals surface area contributed by atoms with E-state index in [0.717, 1.165) is 33.3 Å². The summed E-state index contributed by atoms with van der Waals surface area (Å²) in [5, 5.41) is 1.06. The first-order valence-corrected chi connectivity index (χ1v) is 7.97. The molecule has 0 saturated carbocycles. The fraction of sp³-hybridized carbons (Fsp3) is 0.0526. The molecule has 0 radical (unpaired) electrons. The van der Waals surface area contributed by atoms with Crippen molar-refractivity contribution in [3.05, 3.63) is 67.3 Å². The van der Waals surface area contributed by atoms with Crippen LogP contribution in [0.25, 0.3) is 39.1 Å². The first-order valence-electron chi connectivity index (χ1n) is 7.97. The minimum Gasteiger partial charge on any atom is -0.346 e. The maximum absolute atomic E-state index is 4.57. The van der Waals surface area contributed by atoms with E-state index in [1.807, 2.05) is 47.6 Å². The summed E-state index contributed by atoms with van der Waals surface area (Å²) in [6.45, 7) is 2.08. The summed E-state index contributed by atoms with van der Waals surface area (Å²) in [5.74, 6) is 0.688. The van der Waals surface area contributed by atoms with Gasteiger partial charge in [0.2, 0.25) is 5.78 Å². The number of H-pyrrole nitrogens is 1. The number of nitrogens with zero attached hydrogens (tertiary/aromatic N) is 5. The highest BCUT2D eigenvalue weighted by molar-refractivity contribution is 5.95. The summed E-state index contributed by atoms with van der Waals surface area (Å²) in [7, 11) is 0. The van der Waals surface area contributed by atoms with E-state index in [-0.39, 0.29) is 0 Å². The molecule has 5 rings (SSSR count). The molecule has 0 fully saturated rings. The Bertz CT molecular complexity index is 1220. The molecule has 0 spiro atoms. The van der Waals surface area contributed by atoms with Crippen molar-refractivity contribution in [1.82, 2.24) is 29.3 Å². The zero-order chi connectivity index (χ0) is 16.8. The van der Waals surface area contributed by atoms with Crippen LogP contribution in [0.2, 0.25) is 0 Å². The number of hydrogen-bond acceptors (Lipinski definition) is 4. The van der Waals surface area contributed by atoms with Crippen molar-refractivity contribution in [1.29, 1.82) is 0 Å². The molecular weight excluding hydrogens is 312 g/mol. The lowest BCUT2D eigenvalue weighted by atomic mass is 10.0. The quantitative estimate of drug-likeness (QED) is 0.537. The van der Waals surface area contributed by atoms with Crippen LogP contribution < -0.4 is 0 Å². The predicted octanol–water partition coefficient (Wildman–Crippen LogP) is 3.64. The van der Waals surface area contributed by atoms with Gasteiger partial charge < -0.3 is 4.98 Å². The molecule has 0 atom stereocenters. The molecule has 120 valence electrons. The largest absolute Gasteiger partial charge is 0.346 e. The molecule has 0 unspecified atom stereocenters. The van der Waals surface area contributed by atoms with Crippen molar-refractivity contribution in [2.45, 2.75) is 6.92 Å². The lowest BCUT2D eigenvalue weighted by Gasteiger charge is -2.06. The Morgan fingerprint density at radius 1 is 0.960 bits per heavy atom. The number of rotatable bonds is 2. The molecule has 6 nitrogen and oxygen atoms in total. The molecule has 0 aliphatic heterocycles. The third-order valence-electron chi connectivity index (χ3n) is 4.44. The van der Waals surface area contributed by atoms with E-state index in [1.54, 1.807) is 12.4 Å². The highest BCUT2D eigenvalue weighted by Gasteiger charge is 2.11. The van der Waals surface area contributed by atoms with Crippen LogP contribution in [0.1, 0.15) is 5.56 Å². The number of aromatic nitrogens is 6. The van der Waals surface area contributed by atoms with E-state index in [1.165, 1.54) is 5.56 Å². The number of nitrogens with one attached hydrogen (secondary N) is 1. The molecule has 5 aromatic rings. The van der Waals surface area contributed by atoms with Crippen LogP contribution >= 0.6 is 0 Å². The third kappa shape index (κ3) is 2.19. The fourth-order valence-electron chi connectivity index (χ4n) is 3.11. The maximum Gasteiger partial charge on any atom is 0.233 e. The Hall–Kier alpha value is -3.54. The number of imidazole rings is 1. The maximum atomic E-state index is 4.57. The second kappa shape index (κ2) is 5.24. The van der Waals surface area contributed by atoms with Crippen molar-refractivity contribution in [2.24, 2.45) is 0 Å². The first-order chi connectivity index (χ1) is 12.3. The highest BCUT2D eigenvalue weighted by Crippen LogP contribution is 2.31. The van der Waals surface area contributed by atoms with Crippen LogP contribution in [-0.4, -0.2) is 29.3 Å². The summed E-state index contributed by atoms with van der Waals surface area (Å²) in [6, 6.07) is 4.16. The number of pyridine rings is 2. The van der Waals surface area contributed by atoms with E-state index in [9.17, 15) is 0 Å².